The van der Waals surface area contributed by atoms with E-state index >= 15 is 0 Å². The summed E-state index contributed by atoms with van der Waals surface area (Å²) in [5.41, 5.74) is 0.562. The Morgan fingerprint density at radius 1 is 1.29 bits per heavy atom. The molecule has 1 N–H and O–H groups in total. The summed E-state index contributed by atoms with van der Waals surface area (Å²) in [7, 11) is 0. The number of fused-ring (bicyclic) bond motifs is 1. The number of aromatic nitrogens is 1. The first-order valence-electron chi connectivity index (χ1n) is 6.50. The van der Waals surface area contributed by atoms with E-state index in [1.165, 1.54) is 0 Å². The molecule has 0 aliphatic carbocycles. The van der Waals surface area contributed by atoms with Crippen molar-refractivity contribution >= 4 is 38.6 Å². The third kappa shape index (κ3) is 3.39. The molecule has 0 fully saturated rings. The number of carbonyl (C=O) groups excluding carboxylic acids is 2. The average Bonchev–Trinajstić information content (AvgIpc) is 2.49. The van der Waals surface area contributed by atoms with Crippen LogP contribution < -0.4 is 0 Å². The van der Waals surface area contributed by atoms with Crippen molar-refractivity contribution in [2.45, 2.75) is 19.8 Å². The van der Waals surface area contributed by atoms with Gasteiger partial charge in [0.15, 0.2) is 11.5 Å². The van der Waals surface area contributed by atoms with Crippen molar-refractivity contribution in [3.05, 3.63) is 34.4 Å². The van der Waals surface area contributed by atoms with Crippen LogP contribution in [0.4, 0.5) is 0 Å². The zero-order chi connectivity index (χ0) is 15.4. The molecule has 0 radical (unpaired) electrons. The number of esters is 1. The number of aromatic hydroxyl groups is 1. The first-order valence-corrected chi connectivity index (χ1v) is 7.30. The van der Waals surface area contributed by atoms with Gasteiger partial charge in [-0.3, -0.25) is 9.59 Å². The van der Waals surface area contributed by atoms with Gasteiger partial charge in [0.1, 0.15) is 5.69 Å². The monoisotopic (exact) mass is 351 g/mol. The van der Waals surface area contributed by atoms with E-state index in [0.29, 0.717) is 9.99 Å². The molecule has 0 amide bonds. The first kappa shape index (κ1) is 15.4. The summed E-state index contributed by atoms with van der Waals surface area (Å²) >= 11 is 3.27. The smallest absolute Gasteiger partial charge is 0.306 e. The average molecular weight is 352 g/mol. The summed E-state index contributed by atoms with van der Waals surface area (Å²) in [4.78, 5) is 27.6. The van der Waals surface area contributed by atoms with Gasteiger partial charge < -0.3 is 9.84 Å². The number of para-hydroxylation sites is 1. The molecule has 2 rings (SSSR count). The second-order valence-electron chi connectivity index (χ2n) is 4.37. The SMILES string of the molecule is CCOC(=O)CCC(=O)c1nc2ccccc2c(Br)c1O. The number of ketones is 1. The zero-order valence-electron chi connectivity index (χ0n) is 11.4. The molecule has 0 spiro atoms. The molecular formula is C15H14BrNO4. The fraction of sp³-hybridized carbons (Fsp3) is 0.267. The van der Waals surface area contributed by atoms with E-state index in [4.69, 9.17) is 4.74 Å². The van der Waals surface area contributed by atoms with E-state index in [2.05, 4.69) is 20.9 Å². The van der Waals surface area contributed by atoms with Crippen molar-refractivity contribution in [3.8, 4) is 5.75 Å². The molecule has 0 saturated carbocycles. The Balaban J connectivity index is 2.27. The van der Waals surface area contributed by atoms with E-state index in [1.807, 2.05) is 6.07 Å². The summed E-state index contributed by atoms with van der Waals surface area (Å²) < 4.78 is 5.19. The topological polar surface area (TPSA) is 76.5 Å². The molecule has 0 saturated heterocycles. The van der Waals surface area contributed by atoms with E-state index in [-0.39, 0.29) is 30.9 Å². The van der Waals surface area contributed by atoms with Crippen molar-refractivity contribution in [2.24, 2.45) is 0 Å². The van der Waals surface area contributed by atoms with Crippen LogP contribution in [0.5, 0.6) is 5.75 Å². The quantitative estimate of drug-likeness (QED) is 0.660. The van der Waals surface area contributed by atoms with Gasteiger partial charge in [0.25, 0.3) is 0 Å². The molecule has 0 atom stereocenters. The van der Waals surface area contributed by atoms with E-state index in [0.717, 1.165) is 5.39 Å². The van der Waals surface area contributed by atoms with E-state index in [9.17, 15) is 14.7 Å². The molecule has 5 nitrogen and oxygen atoms in total. The van der Waals surface area contributed by atoms with Gasteiger partial charge in [-0.1, -0.05) is 18.2 Å². The van der Waals surface area contributed by atoms with E-state index < -0.39 is 11.8 Å². The van der Waals surface area contributed by atoms with Crippen LogP contribution in [0, 0.1) is 0 Å². The minimum atomic E-state index is -0.440. The summed E-state index contributed by atoms with van der Waals surface area (Å²) in [6.45, 7) is 1.98. The molecule has 0 unspecified atom stereocenters. The van der Waals surface area contributed by atoms with Crippen molar-refractivity contribution < 1.29 is 19.4 Å². The Morgan fingerprint density at radius 3 is 2.71 bits per heavy atom. The third-order valence-corrected chi connectivity index (χ3v) is 3.73. The molecular weight excluding hydrogens is 338 g/mol. The minimum Gasteiger partial charge on any atom is -0.504 e. The van der Waals surface area contributed by atoms with Gasteiger partial charge in [0.05, 0.1) is 23.0 Å². The number of hydrogen-bond donors (Lipinski definition) is 1. The highest BCUT2D eigenvalue weighted by molar-refractivity contribution is 9.10. The predicted octanol–water partition coefficient (Wildman–Crippen LogP) is 3.23. The number of nitrogens with zero attached hydrogens (tertiary/aromatic N) is 1. The fourth-order valence-corrected chi connectivity index (χ4v) is 2.45. The lowest BCUT2D eigenvalue weighted by molar-refractivity contribution is -0.143. The number of pyridine rings is 1. The minimum absolute atomic E-state index is 0.0295. The molecule has 6 heteroatoms. The van der Waals surface area contributed by atoms with Crippen LogP contribution in [0.1, 0.15) is 30.3 Å². The van der Waals surface area contributed by atoms with Gasteiger partial charge in [0.2, 0.25) is 0 Å². The maximum atomic E-state index is 12.1. The second-order valence-corrected chi connectivity index (χ2v) is 5.16. The molecule has 0 bridgehead atoms. The lowest BCUT2D eigenvalue weighted by Crippen LogP contribution is -2.09. The van der Waals surface area contributed by atoms with Gasteiger partial charge in [-0.15, -0.1) is 0 Å². The number of halogens is 1. The lowest BCUT2D eigenvalue weighted by atomic mass is 10.1. The van der Waals surface area contributed by atoms with Crippen LogP contribution in [0.25, 0.3) is 10.9 Å². The van der Waals surface area contributed by atoms with Crippen molar-refractivity contribution in [1.29, 1.82) is 0 Å². The number of ether oxygens (including phenoxy) is 1. The molecule has 110 valence electrons. The standard InChI is InChI=1S/C15H14BrNO4/c1-2-21-12(19)8-7-11(18)14-15(20)13(16)9-5-3-4-6-10(9)17-14/h3-6,20H,2,7-8H2,1H3. The van der Waals surface area contributed by atoms with Gasteiger partial charge in [-0.05, 0) is 28.9 Å². The van der Waals surface area contributed by atoms with Crippen LogP contribution in [0.15, 0.2) is 28.7 Å². The fourth-order valence-electron chi connectivity index (χ4n) is 1.92. The Hall–Kier alpha value is -1.95. The first-order chi connectivity index (χ1) is 10.0. The molecule has 21 heavy (non-hydrogen) atoms. The lowest BCUT2D eigenvalue weighted by Gasteiger charge is -2.08. The number of rotatable bonds is 5. The van der Waals surface area contributed by atoms with Crippen LogP contribution in [-0.2, 0) is 9.53 Å². The highest BCUT2D eigenvalue weighted by Gasteiger charge is 2.19. The summed E-state index contributed by atoms with van der Waals surface area (Å²) in [5, 5.41) is 10.8. The zero-order valence-corrected chi connectivity index (χ0v) is 13.0. The molecule has 0 aliphatic rings. The molecule has 1 aromatic carbocycles. The third-order valence-electron chi connectivity index (χ3n) is 2.93. The largest absolute Gasteiger partial charge is 0.504 e. The highest BCUT2D eigenvalue weighted by atomic mass is 79.9. The van der Waals surface area contributed by atoms with E-state index in [1.54, 1.807) is 25.1 Å². The molecule has 1 aromatic heterocycles. The van der Waals surface area contributed by atoms with Gasteiger partial charge in [0, 0.05) is 11.8 Å². The number of Topliss-reactive ketones (excluding diaryl/α,β-unsaturated/α-hetero) is 1. The number of hydrogen-bond acceptors (Lipinski definition) is 5. The van der Waals surface area contributed by atoms with Crippen LogP contribution in [0.3, 0.4) is 0 Å². The van der Waals surface area contributed by atoms with Gasteiger partial charge in [-0.2, -0.15) is 0 Å². The molecule has 0 aliphatic heterocycles. The Bertz CT molecular complexity index is 699. The van der Waals surface area contributed by atoms with Crippen LogP contribution in [0.2, 0.25) is 0 Å². The molecule has 1 heterocycles. The predicted molar refractivity (Wildman–Crippen MR) is 81.3 cm³/mol. The van der Waals surface area contributed by atoms with Crippen molar-refractivity contribution in [3.63, 3.8) is 0 Å². The maximum Gasteiger partial charge on any atom is 0.306 e. The van der Waals surface area contributed by atoms with Crippen LogP contribution >= 0.6 is 15.9 Å². The van der Waals surface area contributed by atoms with Gasteiger partial charge >= 0.3 is 5.97 Å². The summed E-state index contributed by atoms with van der Waals surface area (Å²) in [5.74, 6) is -1.04. The second kappa shape index (κ2) is 6.67. The normalized spacial score (nSPS) is 10.6. The Morgan fingerprint density at radius 2 is 2.00 bits per heavy atom. The van der Waals surface area contributed by atoms with Gasteiger partial charge in [-0.25, -0.2) is 4.98 Å². The van der Waals surface area contributed by atoms with Crippen LogP contribution in [-0.4, -0.2) is 28.4 Å². The molecule has 2 aromatic rings. The van der Waals surface area contributed by atoms with Crippen molar-refractivity contribution in [1.82, 2.24) is 4.98 Å². The Kier molecular flexibility index (Phi) is 4.90. The number of carbonyl (C=O) groups is 2. The van der Waals surface area contributed by atoms with Crippen molar-refractivity contribution in [2.75, 3.05) is 6.61 Å². The summed E-state index contributed by atoms with van der Waals surface area (Å²) in [6.07, 6.45) is -0.0809. The number of benzene rings is 1. The maximum absolute atomic E-state index is 12.1. The highest BCUT2D eigenvalue weighted by Crippen LogP contribution is 2.34. The summed E-state index contributed by atoms with van der Waals surface area (Å²) in [6, 6.07) is 7.16. The Labute approximate surface area is 130 Å².